The molecule has 3 atom stereocenters. The summed E-state index contributed by atoms with van der Waals surface area (Å²) in [5, 5.41) is 0. The molecule has 1 aromatic carbocycles. The average molecular weight is 441 g/mol. The maximum Gasteiger partial charge on any atom is 0.306 e. The Kier molecular flexibility index (Phi) is 13.2. The number of allylic oxidation sites excluding steroid dienone is 1. The van der Waals surface area contributed by atoms with Crippen LogP contribution in [0.1, 0.15) is 56.9 Å². The average Bonchev–Trinajstić information content (AvgIpc) is 2.81. The van der Waals surface area contributed by atoms with Crippen LogP contribution in [0.3, 0.4) is 0 Å². The lowest BCUT2D eigenvalue weighted by atomic mass is 10.1. The van der Waals surface area contributed by atoms with E-state index in [-0.39, 0.29) is 19.2 Å². The van der Waals surface area contributed by atoms with E-state index in [4.69, 9.17) is 25.4 Å². The van der Waals surface area contributed by atoms with Gasteiger partial charge in [-0.05, 0) is 37.0 Å². The predicted octanol–water partition coefficient (Wildman–Crippen LogP) is 5.35. The van der Waals surface area contributed by atoms with Crippen molar-refractivity contribution in [3.05, 3.63) is 60.7 Å². The molecule has 1 aromatic rings. The number of esters is 1. The van der Waals surface area contributed by atoms with E-state index in [1.165, 1.54) is 19.3 Å². The van der Waals surface area contributed by atoms with Gasteiger partial charge in [-0.3, -0.25) is 4.79 Å². The Bertz CT molecular complexity index is 721. The Morgan fingerprint density at radius 1 is 1.09 bits per heavy atom. The second-order valence-electron chi connectivity index (χ2n) is 7.85. The van der Waals surface area contributed by atoms with Gasteiger partial charge in [0.1, 0.15) is 18.8 Å². The zero-order valence-electron chi connectivity index (χ0n) is 19.0. The van der Waals surface area contributed by atoms with Gasteiger partial charge in [-0.1, -0.05) is 68.0 Å². The first-order valence-electron chi connectivity index (χ1n) is 11.5. The molecule has 5 nitrogen and oxygen atoms in total. The molecule has 0 amide bonds. The highest BCUT2D eigenvalue weighted by Crippen LogP contribution is 2.20. The summed E-state index contributed by atoms with van der Waals surface area (Å²) in [5.41, 5.74) is 1.05. The molecule has 0 saturated carbocycles. The monoisotopic (exact) mass is 440 g/mol. The van der Waals surface area contributed by atoms with Crippen molar-refractivity contribution in [2.45, 2.75) is 76.5 Å². The third kappa shape index (κ3) is 10.8. The zero-order valence-corrected chi connectivity index (χ0v) is 19.0. The lowest BCUT2D eigenvalue weighted by Gasteiger charge is -2.31. The number of hydrogen-bond acceptors (Lipinski definition) is 5. The van der Waals surface area contributed by atoms with Crippen molar-refractivity contribution >= 4 is 5.97 Å². The van der Waals surface area contributed by atoms with Crippen LogP contribution in [-0.4, -0.2) is 37.7 Å². The van der Waals surface area contributed by atoms with Gasteiger partial charge < -0.3 is 18.9 Å². The van der Waals surface area contributed by atoms with Crippen LogP contribution in [-0.2, 0) is 30.3 Å². The van der Waals surface area contributed by atoms with Gasteiger partial charge in [-0.25, -0.2) is 0 Å². The number of hydrogen-bond donors (Lipinski definition) is 0. The largest absolute Gasteiger partial charge is 0.455 e. The van der Waals surface area contributed by atoms with E-state index in [2.05, 4.69) is 12.5 Å². The van der Waals surface area contributed by atoms with Crippen LogP contribution >= 0.6 is 0 Å². The topological polar surface area (TPSA) is 54.0 Å². The van der Waals surface area contributed by atoms with E-state index in [1.807, 2.05) is 42.5 Å². The van der Waals surface area contributed by atoms with Gasteiger partial charge in [0.05, 0.1) is 13.2 Å². The molecule has 0 aliphatic carbocycles. The fraction of sp³-hybridized carbons (Fsp3) is 0.519. The molecule has 0 saturated heterocycles. The summed E-state index contributed by atoms with van der Waals surface area (Å²) in [4.78, 5) is 12.3. The Balaban J connectivity index is 1.75. The number of terminal acetylenes is 1. The van der Waals surface area contributed by atoms with Gasteiger partial charge in [-0.2, -0.15) is 0 Å². The lowest BCUT2D eigenvalue weighted by Crippen LogP contribution is -2.42. The first-order chi connectivity index (χ1) is 15.7. The van der Waals surface area contributed by atoms with E-state index in [9.17, 15) is 4.79 Å². The van der Waals surface area contributed by atoms with Crippen molar-refractivity contribution in [2.24, 2.45) is 0 Å². The van der Waals surface area contributed by atoms with Crippen molar-refractivity contribution in [1.29, 1.82) is 0 Å². The molecule has 1 heterocycles. The summed E-state index contributed by atoms with van der Waals surface area (Å²) >= 11 is 0. The molecule has 1 aliphatic rings. The highest BCUT2D eigenvalue weighted by Gasteiger charge is 2.30. The molecule has 2 rings (SSSR count). The van der Waals surface area contributed by atoms with Crippen molar-refractivity contribution < 1.29 is 23.7 Å². The molecule has 0 unspecified atom stereocenters. The minimum absolute atomic E-state index is 0.173. The Labute approximate surface area is 192 Å². The molecular formula is C27H36O5. The summed E-state index contributed by atoms with van der Waals surface area (Å²) in [5.74, 6) is 2.22. The zero-order chi connectivity index (χ0) is 22.9. The number of unbranched alkanes of at least 4 members (excludes halogenated alkanes) is 6. The molecule has 0 fully saturated rings. The second-order valence-corrected chi connectivity index (χ2v) is 7.85. The number of carbonyl (C=O) groups is 1. The minimum atomic E-state index is -0.536. The Morgan fingerprint density at radius 3 is 2.59 bits per heavy atom. The normalized spacial score (nSPS) is 19.9. The molecule has 0 radical (unpaired) electrons. The number of benzene rings is 1. The second kappa shape index (κ2) is 16.3. The van der Waals surface area contributed by atoms with Gasteiger partial charge >= 0.3 is 5.97 Å². The Morgan fingerprint density at radius 2 is 1.84 bits per heavy atom. The first-order valence-corrected chi connectivity index (χ1v) is 11.5. The van der Waals surface area contributed by atoms with Gasteiger partial charge in [0, 0.05) is 6.42 Å². The minimum Gasteiger partial charge on any atom is -0.455 e. The van der Waals surface area contributed by atoms with Crippen LogP contribution in [0.25, 0.3) is 0 Å². The quantitative estimate of drug-likeness (QED) is 0.150. The smallest absolute Gasteiger partial charge is 0.306 e. The first kappa shape index (κ1) is 25.9. The Hall–Kier alpha value is -2.39. The summed E-state index contributed by atoms with van der Waals surface area (Å²) in [7, 11) is 0. The van der Waals surface area contributed by atoms with Gasteiger partial charge in [0.15, 0.2) is 6.29 Å². The van der Waals surface area contributed by atoms with Crippen LogP contribution in [0.2, 0.25) is 0 Å². The third-order valence-corrected chi connectivity index (χ3v) is 5.16. The highest BCUT2D eigenvalue weighted by atomic mass is 16.7. The van der Waals surface area contributed by atoms with Crippen LogP contribution in [0, 0.1) is 12.3 Å². The van der Waals surface area contributed by atoms with Crippen molar-refractivity contribution in [1.82, 2.24) is 0 Å². The van der Waals surface area contributed by atoms with E-state index in [1.54, 1.807) is 6.08 Å². The molecule has 32 heavy (non-hydrogen) atoms. The molecule has 5 heteroatoms. The summed E-state index contributed by atoms with van der Waals surface area (Å²) < 4.78 is 22.9. The maximum atomic E-state index is 12.3. The molecule has 0 aromatic heterocycles. The van der Waals surface area contributed by atoms with Crippen molar-refractivity contribution in [2.75, 3.05) is 13.2 Å². The molecule has 1 aliphatic heterocycles. The highest BCUT2D eigenvalue weighted by molar-refractivity contribution is 5.69. The third-order valence-electron chi connectivity index (χ3n) is 5.16. The summed E-state index contributed by atoms with van der Waals surface area (Å²) in [6.45, 7) is 4.56. The summed E-state index contributed by atoms with van der Waals surface area (Å²) in [6, 6.07) is 9.87. The lowest BCUT2D eigenvalue weighted by molar-refractivity contribution is -0.199. The van der Waals surface area contributed by atoms with E-state index in [0.29, 0.717) is 13.0 Å². The van der Waals surface area contributed by atoms with Gasteiger partial charge in [0.2, 0.25) is 0 Å². The maximum absolute atomic E-state index is 12.3. The molecule has 0 bridgehead atoms. The molecule has 0 N–H and O–H groups in total. The molecule has 174 valence electrons. The van der Waals surface area contributed by atoms with Crippen molar-refractivity contribution in [3.8, 4) is 12.3 Å². The number of carbonyl (C=O) groups excluding carboxylic acids is 1. The van der Waals surface area contributed by atoms with Crippen molar-refractivity contribution in [3.63, 3.8) is 0 Å². The molecular weight excluding hydrogens is 404 g/mol. The van der Waals surface area contributed by atoms with Crippen LogP contribution < -0.4 is 0 Å². The van der Waals surface area contributed by atoms with Crippen LogP contribution in [0.15, 0.2) is 55.1 Å². The van der Waals surface area contributed by atoms with Gasteiger partial charge in [0.25, 0.3) is 0 Å². The molecule has 0 spiro atoms. The predicted molar refractivity (Wildman–Crippen MR) is 126 cm³/mol. The van der Waals surface area contributed by atoms with E-state index < -0.39 is 18.5 Å². The van der Waals surface area contributed by atoms with E-state index in [0.717, 1.165) is 31.2 Å². The van der Waals surface area contributed by atoms with Crippen LogP contribution in [0.5, 0.6) is 0 Å². The SMILES string of the molecule is C#CCOC[C@H]1O[C@H](OCc2ccccc2)C=C[C@@H]1OC(=O)CCCCCCCCC=C. The number of rotatable bonds is 16. The summed E-state index contributed by atoms with van der Waals surface area (Å²) in [6.07, 6.45) is 17.4. The standard InChI is InChI=1S/C27H36O5/c1-3-5-6-7-8-9-10-14-17-26(28)31-24-18-19-27(32-25(24)22-29-20-4-2)30-21-23-15-12-11-13-16-23/h2-3,11-13,15-16,18-19,24-25,27H,1,5-10,14,17,20-22H2/t24-,25+,27-/m0/s1. The van der Waals surface area contributed by atoms with Gasteiger partial charge in [-0.15, -0.1) is 13.0 Å². The fourth-order valence-electron chi connectivity index (χ4n) is 3.43. The number of ether oxygens (including phenoxy) is 4. The van der Waals surface area contributed by atoms with E-state index >= 15 is 0 Å². The van der Waals surface area contributed by atoms with Crippen LogP contribution in [0.4, 0.5) is 0 Å². The fourth-order valence-corrected chi connectivity index (χ4v) is 3.43.